The third-order valence-corrected chi connectivity index (χ3v) is 5.54. The molecule has 0 saturated carbocycles. The summed E-state index contributed by atoms with van der Waals surface area (Å²) in [5, 5.41) is 4.11. The van der Waals surface area contributed by atoms with Crippen LogP contribution in [0.1, 0.15) is 12.0 Å². The predicted molar refractivity (Wildman–Crippen MR) is 69.7 cm³/mol. The van der Waals surface area contributed by atoms with Crippen LogP contribution in [0.4, 0.5) is 0 Å². The van der Waals surface area contributed by atoms with Crippen molar-refractivity contribution in [2.45, 2.75) is 18.5 Å². The molecule has 6 nitrogen and oxygen atoms in total. The van der Waals surface area contributed by atoms with Gasteiger partial charge in [0.1, 0.15) is 0 Å². The van der Waals surface area contributed by atoms with Crippen LogP contribution in [-0.4, -0.2) is 53.7 Å². The second kappa shape index (κ2) is 4.64. The van der Waals surface area contributed by atoms with Gasteiger partial charge in [0.15, 0.2) is 9.84 Å². The zero-order chi connectivity index (χ0) is 13.4. The number of aromatic nitrogens is 2. The smallest absolute Gasteiger partial charge is 0.152 e. The lowest BCUT2D eigenvalue weighted by Gasteiger charge is -2.36. The lowest BCUT2D eigenvalue weighted by Crippen LogP contribution is -2.52. The number of hydrogen-bond donors (Lipinski definition) is 1. The molecule has 0 aromatic carbocycles. The van der Waals surface area contributed by atoms with Gasteiger partial charge in [-0.1, -0.05) is 0 Å². The Balaban J connectivity index is 2.14. The highest BCUT2D eigenvalue weighted by Crippen LogP contribution is 2.29. The molecule has 0 radical (unpaired) electrons. The monoisotopic (exact) mass is 272 g/mol. The van der Waals surface area contributed by atoms with Gasteiger partial charge in [-0.3, -0.25) is 9.58 Å². The van der Waals surface area contributed by atoms with Crippen molar-refractivity contribution in [3.05, 3.63) is 18.0 Å². The summed E-state index contributed by atoms with van der Waals surface area (Å²) < 4.78 is 25.1. The van der Waals surface area contributed by atoms with Gasteiger partial charge in [-0.2, -0.15) is 5.10 Å². The molecule has 1 saturated heterocycles. The van der Waals surface area contributed by atoms with Crippen molar-refractivity contribution in [3.63, 3.8) is 0 Å². The molecule has 0 bridgehead atoms. The average molecular weight is 272 g/mol. The van der Waals surface area contributed by atoms with Gasteiger partial charge in [-0.05, 0) is 13.5 Å². The SMILES string of the molecule is CN(Cc1cnn(C)c1)C1(CN)CCS(=O)(=O)C1. The van der Waals surface area contributed by atoms with Gasteiger partial charge in [0.2, 0.25) is 0 Å². The Morgan fingerprint density at radius 2 is 2.33 bits per heavy atom. The molecule has 0 spiro atoms. The predicted octanol–water partition coefficient (Wildman–Crippen LogP) is -0.632. The highest BCUT2D eigenvalue weighted by atomic mass is 32.2. The minimum Gasteiger partial charge on any atom is -0.329 e. The fourth-order valence-electron chi connectivity index (χ4n) is 2.51. The zero-order valence-electron chi connectivity index (χ0n) is 10.8. The summed E-state index contributed by atoms with van der Waals surface area (Å²) in [6.07, 6.45) is 4.34. The van der Waals surface area contributed by atoms with E-state index >= 15 is 0 Å². The molecule has 102 valence electrons. The van der Waals surface area contributed by atoms with E-state index in [0.29, 0.717) is 19.5 Å². The van der Waals surface area contributed by atoms with E-state index in [1.54, 1.807) is 10.9 Å². The minimum absolute atomic E-state index is 0.160. The summed E-state index contributed by atoms with van der Waals surface area (Å²) >= 11 is 0. The molecule has 1 unspecified atom stereocenters. The molecule has 18 heavy (non-hydrogen) atoms. The van der Waals surface area contributed by atoms with Gasteiger partial charge < -0.3 is 5.73 Å². The summed E-state index contributed by atoms with van der Waals surface area (Å²) in [4.78, 5) is 2.05. The number of nitrogens with zero attached hydrogens (tertiary/aromatic N) is 3. The lowest BCUT2D eigenvalue weighted by atomic mass is 9.97. The first-order valence-electron chi connectivity index (χ1n) is 5.96. The molecule has 1 aromatic heterocycles. The van der Waals surface area contributed by atoms with Crippen LogP contribution in [0.2, 0.25) is 0 Å². The van der Waals surface area contributed by atoms with Gasteiger partial charge in [-0.25, -0.2) is 8.42 Å². The van der Waals surface area contributed by atoms with E-state index in [-0.39, 0.29) is 11.5 Å². The third kappa shape index (κ3) is 2.57. The quantitative estimate of drug-likeness (QED) is 0.789. The van der Waals surface area contributed by atoms with E-state index in [1.807, 2.05) is 20.3 Å². The number of nitrogens with two attached hydrogens (primary N) is 1. The van der Waals surface area contributed by atoms with Gasteiger partial charge >= 0.3 is 0 Å². The molecule has 7 heteroatoms. The number of sulfone groups is 1. The van der Waals surface area contributed by atoms with Gasteiger partial charge in [-0.15, -0.1) is 0 Å². The van der Waals surface area contributed by atoms with Crippen molar-refractivity contribution in [2.24, 2.45) is 12.8 Å². The second-order valence-electron chi connectivity index (χ2n) is 5.15. The summed E-state index contributed by atoms with van der Waals surface area (Å²) in [6.45, 7) is 1.03. The molecule has 1 aliphatic rings. The van der Waals surface area contributed by atoms with Crippen molar-refractivity contribution in [1.29, 1.82) is 0 Å². The molecule has 0 amide bonds. The van der Waals surface area contributed by atoms with Gasteiger partial charge in [0.25, 0.3) is 0 Å². The standard InChI is InChI=1S/C11H20N4O2S/c1-14(6-10-5-13-15(2)7-10)11(8-12)3-4-18(16,17)9-11/h5,7H,3-4,6,8-9,12H2,1-2H3. The first-order valence-corrected chi connectivity index (χ1v) is 7.78. The van der Waals surface area contributed by atoms with E-state index in [4.69, 9.17) is 5.73 Å². The Labute approximate surface area is 108 Å². The lowest BCUT2D eigenvalue weighted by molar-refractivity contribution is 0.143. The van der Waals surface area contributed by atoms with E-state index in [2.05, 4.69) is 10.00 Å². The largest absolute Gasteiger partial charge is 0.329 e. The molecule has 2 N–H and O–H groups in total. The highest BCUT2D eigenvalue weighted by Gasteiger charge is 2.44. The molecular weight excluding hydrogens is 252 g/mol. The molecule has 1 fully saturated rings. The van der Waals surface area contributed by atoms with Crippen LogP contribution in [0.15, 0.2) is 12.4 Å². The fraction of sp³-hybridized carbons (Fsp3) is 0.727. The van der Waals surface area contributed by atoms with Crippen molar-refractivity contribution < 1.29 is 8.42 Å². The first kappa shape index (κ1) is 13.5. The zero-order valence-corrected chi connectivity index (χ0v) is 11.7. The molecule has 1 aromatic rings. The van der Waals surface area contributed by atoms with Gasteiger partial charge in [0.05, 0.1) is 17.7 Å². The van der Waals surface area contributed by atoms with Crippen LogP contribution in [0.5, 0.6) is 0 Å². The number of hydrogen-bond acceptors (Lipinski definition) is 5. The van der Waals surface area contributed by atoms with E-state index < -0.39 is 15.4 Å². The molecule has 1 atom stereocenters. The van der Waals surface area contributed by atoms with Crippen LogP contribution in [0.3, 0.4) is 0 Å². The maximum absolute atomic E-state index is 11.7. The number of rotatable bonds is 4. The minimum atomic E-state index is -2.94. The van der Waals surface area contributed by atoms with Crippen molar-refractivity contribution in [2.75, 3.05) is 25.1 Å². The average Bonchev–Trinajstić information content (AvgIpc) is 2.83. The molecule has 0 aliphatic carbocycles. The molecule has 2 rings (SSSR count). The maximum Gasteiger partial charge on any atom is 0.152 e. The van der Waals surface area contributed by atoms with E-state index in [9.17, 15) is 8.42 Å². The van der Waals surface area contributed by atoms with Crippen molar-refractivity contribution >= 4 is 9.84 Å². The van der Waals surface area contributed by atoms with E-state index in [1.165, 1.54) is 0 Å². The number of aryl methyl sites for hydroxylation is 1. The van der Waals surface area contributed by atoms with Crippen molar-refractivity contribution in [1.82, 2.24) is 14.7 Å². The Morgan fingerprint density at radius 3 is 2.78 bits per heavy atom. The summed E-state index contributed by atoms with van der Waals surface area (Å²) in [5.41, 5.74) is 6.47. The Kier molecular flexibility index (Phi) is 3.48. The van der Waals surface area contributed by atoms with E-state index in [0.717, 1.165) is 5.56 Å². The van der Waals surface area contributed by atoms with Crippen LogP contribution >= 0.6 is 0 Å². The summed E-state index contributed by atoms with van der Waals surface area (Å²) in [5.74, 6) is 0.398. The fourth-order valence-corrected chi connectivity index (χ4v) is 4.65. The Bertz CT molecular complexity index is 525. The number of likely N-dealkylation sites (N-methyl/N-ethyl adjacent to an activating group) is 1. The van der Waals surface area contributed by atoms with Crippen LogP contribution in [0.25, 0.3) is 0 Å². The van der Waals surface area contributed by atoms with Crippen molar-refractivity contribution in [3.8, 4) is 0 Å². The molecule has 1 aliphatic heterocycles. The van der Waals surface area contributed by atoms with Crippen LogP contribution in [0, 0.1) is 0 Å². The van der Waals surface area contributed by atoms with Gasteiger partial charge in [0, 0.05) is 37.4 Å². The summed E-state index contributed by atoms with van der Waals surface area (Å²) in [7, 11) is 0.854. The normalized spacial score (nSPS) is 26.9. The first-order chi connectivity index (χ1) is 8.37. The molecule has 2 heterocycles. The Hall–Kier alpha value is -0.920. The molecular formula is C11H20N4O2S. The topological polar surface area (TPSA) is 81.2 Å². The third-order valence-electron chi connectivity index (χ3n) is 3.73. The maximum atomic E-state index is 11.7. The van der Waals surface area contributed by atoms with Crippen LogP contribution < -0.4 is 5.73 Å². The second-order valence-corrected chi connectivity index (χ2v) is 7.33. The summed E-state index contributed by atoms with van der Waals surface area (Å²) in [6, 6.07) is 0. The van der Waals surface area contributed by atoms with Crippen LogP contribution in [-0.2, 0) is 23.4 Å². The Morgan fingerprint density at radius 1 is 1.61 bits per heavy atom. The highest BCUT2D eigenvalue weighted by molar-refractivity contribution is 7.91.